The quantitative estimate of drug-likeness (QED) is 0.859. The molecular weight excluding hydrogens is 340 g/mol. The standard InChI is InChI=1S/C21H30N4O2/c1-15-4-3-5-16(2)20(15)22-19(26)13-23-8-10-24(11-9-23)14-25-18-7-6-17(12-18)21(25)27/h3-5,17-18H,6-14H2,1-2H3,(H,22,26)/t17-,18-/m0/s1. The van der Waals surface area contributed by atoms with E-state index in [1.807, 2.05) is 32.0 Å². The van der Waals surface area contributed by atoms with Gasteiger partial charge in [-0.1, -0.05) is 18.2 Å². The summed E-state index contributed by atoms with van der Waals surface area (Å²) in [6.45, 7) is 8.81. The molecule has 2 heterocycles. The maximum Gasteiger partial charge on any atom is 0.238 e. The average molecular weight is 370 g/mol. The smallest absolute Gasteiger partial charge is 0.238 e. The molecule has 0 spiro atoms. The lowest BCUT2D eigenvalue weighted by Crippen LogP contribution is -2.53. The second-order valence-corrected chi connectivity index (χ2v) is 8.32. The zero-order valence-electron chi connectivity index (χ0n) is 16.4. The summed E-state index contributed by atoms with van der Waals surface area (Å²) in [4.78, 5) is 31.4. The molecule has 0 aromatic heterocycles. The van der Waals surface area contributed by atoms with Gasteiger partial charge in [-0.3, -0.25) is 19.4 Å². The van der Waals surface area contributed by atoms with Gasteiger partial charge < -0.3 is 10.2 Å². The molecule has 6 nitrogen and oxygen atoms in total. The van der Waals surface area contributed by atoms with E-state index in [1.165, 1.54) is 6.42 Å². The van der Waals surface area contributed by atoms with Crippen LogP contribution in [0.25, 0.3) is 0 Å². The molecule has 2 bridgehead atoms. The lowest BCUT2D eigenvalue weighted by molar-refractivity contribution is -0.136. The van der Waals surface area contributed by atoms with Gasteiger partial charge in [0.25, 0.3) is 0 Å². The summed E-state index contributed by atoms with van der Waals surface area (Å²) in [6.07, 6.45) is 3.33. The first-order valence-corrected chi connectivity index (χ1v) is 10.1. The molecule has 1 aromatic rings. The lowest BCUT2D eigenvalue weighted by atomic mass is 10.1. The van der Waals surface area contributed by atoms with Crippen LogP contribution >= 0.6 is 0 Å². The molecule has 6 heteroatoms. The number of benzene rings is 1. The molecule has 1 N–H and O–H groups in total. The summed E-state index contributed by atoms with van der Waals surface area (Å²) in [5.41, 5.74) is 3.12. The van der Waals surface area contributed by atoms with Crippen molar-refractivity contribution in [1.82, 2.24) is 14.7 Å². The summed E-state index contributed by atoms with van der Waals surface area (Å²) in [5.74, 6) is 0.708. The van der Waals surface area contributed by atoms with E-state index in [1.54, 1.807) is 0 Å². The molecule has 27 heavy (non-hydrogen) atoms. The van der Waals surface area contributed by atoms with Crippen LogP contribution in [0.3, 0.4) is 0 Å². The number of fused-ring (bicyclic) bond motifs is 2. The predicted octanol–water partition coefficient (Wildman–Crippen LogP) is 1.83. The van der Waals surface area contributed by atoms with E-state index in [9.17, 15) is 9.59 Å². The molecule has 3 aliphatic rings. The van der Waals surface area contributed by atoms with Crippen LogP contribution in [0.4, 0.5) is 5.69 Å². The fourth-order valence-electron chi connectivity index (χ4n) is 4.76. The SMILES string of the molecule is Cc1cccc(C)c1NC(=O)CN1CCN(CN2C(=O)[C@H]3CC[C@H]2C3)CC1. The second-order valence-electron chi connectivity index (χ2n) is 8.32. The molecule has 2 saturated heterocycles. The van der Waals surface area contributed by atoms with Crippen molar-refractivity contribution in [2.24, 2.45) is 5.92 Å². The third kappa shape index (κ3) is 3.87. The highest BCUT2D eigenvalue weighted by molar-refractivity contribution is 5.93. The molecule has 3 fully saturated rings. The van der Waals surface area contributed by atoms with Crippen molar-refractivity contribution in [2.45, 2.75) is 39.2 Å². The van der Waals surface area contributed by atoms with Crippen molar-refractivity contribution in [3.63, 3.8) is 0 Å². The van der Waals surface area contributed by atoms with Crippen molar-refractivity contribution in [2.75, 3.05) is 44.7 Å². The monoisotopic (exact) mass is 370 g/mol. The number of carbonyl (C=O) groups excluding carboxylic acids is 2. The molecule has 2 amide bonds. The molecule has 1 aromatic carbocycles. The van der Waals surface area contributed by atoms with E-state index >= 15 is 0 Å². The number of nitrogens with zero attached hydrogens (tertiary/aromatic N) is 3. The minimum Gasteiger partial charge on any atom is -0.326 e. The summed E-state index contributed by atoms with van der Waals surface area (Å²) in [7, 11) is 0. The van der Waals surface area contributed by atoms with Crippen molar-refractivity contribution in [3.8, 4) is 0 Å². The maximum absolute atomic E-state index is 12.5. The van der Waals surface area contributed by atoms with Crippen LogP contribution in [0.5, 0.6) is 0 Å². The molecule has 2 aliphatic heterocycles. The molecule has 0 radical (unpaired) electrons. The van der Waals surface area contributed by atoms with Gasteiger partial charge >= 0.3 is 0 Å². The molecule has 4 rings (SSSR count). The Labute approximate surface area is 161 Å². The van der Waals surface area contributed by atoms with Gasteiger partial charge in [-0.25, -0.2) is 0 Å². The van der Waals surface area contributed by atoms with Gasteiger partial charge in [0.15, 0.2) is 0 Å². The number of piperazine rings is 1. The number of amides is 2. The van der Waals surface area contributed by atoms with Crippen molar-refractivity contribution in [1.29, 1.82) is 0 Å². The third-order valence-corrected chi connectivity index (χ3v) is 6.41. The normalized spacial score (nSPS) is 26.0. The first kappa shape index (κ1) is 18.4. The van der Waals surface area contributed by atoms with Crippen LogP contribution in [0.15, 0.2) is 18.2 Å². The maximum atomic E-state index is 12.5. The van der Waals surface area contributed by atoms with E-state index in [0.29, 0.717) is 24.4 Å². The predicted molar refractivity (Wildman–Crippen MR) is 105 cm³/mol. The van der Waals surface area contributed by atoms with Gasteiger partial charge in [0.2, 0.25) is 11.8 Å². The van der Waals surface area contributed by atoms with Crippen LogP contribution in [-0.2, 0) is 9.59 Å². The Morgan fingerprint density at radius 1 is 1.07 bits per heavy atom. The highest BCUT2D eigenvalue weighted by atomic mass is 16.2. The van der Waals surface area contributed by atoms with Crippen molar-refractivity contribution in [3.05, 3.63) is 29.3 Å². The van der Waals surface area contributed by atoms with Gasteiger partial charge in [-0.2, -0.15) is 0 Å². The van der Waals surface area contributed by atoms with Gasteiger partial charge in [-0.15, -0.1) is 0 Å². The Morgan fingerprint density at radius 3 is 2.37 bits per heavy atom. The number of rotatable bonds is 5. The van der Waals surface area contributed by atoms with Crippen LogP contribution in [0, 0.1) is 19.8 Å². The Bertz CT molecular complexity index is 707. The molecule has 2 atom stereocenters. The summed E-state index contributed by atoms with van der Waals surface area (Å²) in [6, 6.07) is 6.53. The van der Waals surface area contributed by atoms with Crippen molar-refractivity contribution >= 4 is 17.5 Å². The van der Waals surface area contributed by atoms with Crippen LogP contribution in [-0.4, -0.2) is 71.9 Å². The minimum absolute atomic E-state index is 0.0490. The molecular formula is C21H30N4O2. The van der Waals surface area contributed by atoms with E-state index < -0.39 is 0 Å². The second kappa shape index (κ2) is 7.60. The highest BCUT2D eigenvalue weighted by Gasteiger charge is 2.44. The molecule has 146 valence electrons. The topological polar surface area (TPSA) is 55.9 Å². The number of anilines is 1. The average Bonchev–Trinajstić information content (AvgIpc) is 3.23. The first-order valence-electron chi connectivity index (χ1n) is 10.1. The van der Waals surface area contributed by atoms with Gasteiger partial charge in [0.05, 0.1) is 13.2 Å². The van der Waals surface area contributed by atoms with Gasteiger partial charge in [-0.05, 0) is 44.2 Å². The number of carbonyl (C=O) groups is 2. The Morgan fingerprint density at radius 2 is 1.74 bits per heavy atom. The fraction of sp³-hybridized carbons (Fsp3) is 0.619. The minimum atomic E-state index is 0.0490. The number of aryl methyl sites for hydroxylation is 2. The Kier molecular flexibility index (Phi) is 5.19. The van der Waals surface area contributed by atoms with E-state index in [0.717, 1.165) is 62.5 Å². The van der Waals surface area contributed by atoms with Crippen LogP contribution < -0.4 is 5.32 Å². The van der Waals surface area contributed by atoms with E-state index in [4.69, 9.17) is 0 Å². The Hall–Kier alpha value is -1.92. The van der Waals surface area contributed by atoms with Crippen LogP contribution in [0.1, 0.15) is 30.4 Å². The van der Waals surface area contributed by atoms with E-state index in [2.05, 4.69) is 20.0 Å². The number of para-hydroxylation sites is 1. The summed E-state index contributed by atoms with van der Waals surface area (Å²) in [5, 5.41) is 3.07. The highest BCUT2D eigenvalue weighted by Crippen LogP contribution is 2.38. The first-order chi connectivity index (χ1) is 13.0. The lowest BCUT2D eigenvalue weighted by Gasteiger charge is -2.38. The zero-order valence-corrected chi connectivity index (χ0v) is 16.4. The van der Waals surface area contributed by atoms with Gasteiger partial charge in [0, 0.05) is 43.8 Å². The summed E-state index contributed by atoms with van der Waals surface area (Å²) >= 11 is 0. The largest absolute Gasteiger partial charge is 0.326 e. The number of likely N-dealkylation sites (tertiary alicyclic amines) is 1. The molecule has 0 unspecified atom stereocenters. The Balaban J connectivity index is 1.24. The molecule has 1 aliphatic carbocycles. The number of piperidine rings is 1. The van der Waals surface area contributed by atoms with Gasteiger partial charge in [0.1, 0.15) is 0 Å². The van der Waals surface area contributed by atoms with Crippen molar-refractivity contribution < 1.29 is 9.59 Å². The third-order valence-electron chi connectivity index (χ3n) is 6.41. The number of hydrogen-bond donors (Lipinski definition) is 1. The molecule has 1 saturated carbocycles. The number of hydrogen-bond acceptors (Lipinski definition) is 4. The fourth-order valence-corrected chi connectivity index (χ4v) is 4.76. The summed E-state index contributed by atoms with van der Waals surface area (Å²) < 4.78 is 0. The van der Waals surface area contributed by atoms with E-state index in [-0.39, 0.29) is 5.91 Å². The number of nitrogens with one attached hydrogen (secondary N) is 1. The zero-order chi connectivity index (χ0) is 19.0. The van der Waals surface area contributed by atoms with Crippen LogP contribution in [0.2, 0.25) is 0 Å².